The lowest BCUT2D eigenvalue weighted by molar-refractivity contribution is 0.199. The van der Waals surface area contributed by atoms with Gasteiger partial charge >= 0.3 is 0 Å². The van der Waals surface area contributed by atoms with E-state index >= 15 is 0 Å². The highest BCUT2D eigenvalue weighted by atomic mass is 32.2. The number of H-pyrrole nitrogens is 2. The number of halogens is 1. The molecule has 1 aliphatic heterocycles. The summed E-state index contributed by atoms with van der Waals surface area (Å²) in [5, 5.41) is 17.6. The first-order valence-corrected chi connectivity index (χ1v) is 12.4. The Bertz CT molecular complexity index is 1290. The van der Waals surface area contributed by atoms with Crippen LogP contribution >= 0.6 is 0 Å². The van der Waals surface area contributed by atoms with Crippen molar-refractivity contribution in [3.05, 3.63) is 47.0 Å². The first-order valence-electron chi connectivity index (χ1n) is 11.0. The average Bonchev–Trinajstić information content (AvgIpc) is 3.51. The molecule has 1 aliphatic carbocycles. The average molecular weight is 475 g/mol. The third-order valence-corrected chi connectivity index (χ3v) is 7.75. The predicted molar refractivity (Wildman–Crippen MR) is 121 cm³/mol. The van der Waals surface area contributed by atoms with Crippen LogP contribution in [0.3, 0.4) is 0 Å². The van der Waals surface area contributed by atoms with Crippen LogP contribution in [0.2, 0.25) is 0 Å². The van der Waals surface area contributed by atoms with Crippen LogP contribution in [-0.2, 0) is 22.0 Å². The molecule has 0 amide bonds. The van der Waals surface area contributed by atoms with E-state index in [0.29, 0.717) is 11.7 Å². The van der Waals surface area contributed by atoms with Crippen molar-refractivity contribution in [3.63, 3.8) is 0 Å². The molecule has 11 heteroatoms. The first kappa shape index (κ1) is 21.9. The molecule has 176 valence electrons. The van der Waals surface area contributed by atoms with Crippen molar-refractivity contribution in [1.82, 2.24) is 25.1 Å². The van der Waals surface area contributed by atoms with Gasteiger partial charge in [-0.1, -0.05) is 20.8 Å². The van der Waals surface area contributed by atoms with Gasteiger partial charge in [0.2, 0.25) is 15.9 Å². The summed E-state index contributed by atoms with van der Waals surface area (Å²) in [5.41, 5.74) is 2.29. The fourth-order valence-electron chi connectivity index (χ4n) is 4.36. The number of nitrogens with zero attached hydrogens (tertiary/aromatic N) is 2. The monoisotopic (exact) mass is 474 g/mol. The van der Waals surface area contributed by atoms with Gasteiger partial charge in [0.1, 0.15) is 6.10 Å². The molecule has 3 heterocycles. The normalized spacial score (nSPS) is 21.8. The van der Waals surface area contributed by atoms with Crippen molar-refractivity contribution >= 4 is 21.5 Å². The fourth-order valence-corrected chi connectivity index (χ4v) is 5.58. The molecule has 2 aromatic heterocycles. The summed E-state index contributed by atoms with van der Waals surface area (Å²) in [5.74, 6) is 0.747. The highest BCUT2D eigenvalue weighted by molar-refractivity contribution is 7.89. The Hall–Kier alpha value is -2.92. The molecule has 1 fully saturated rings. The highest BCUT2D eigenvalue weighted by Crippen LogP contribution is 2.37. The summed E-state index contributed by atoms with van der Waals surface area (Å²) in [6.45, 7) is 6.30. The summed E-state index contributed by atoms with van der Waals surface area (Å²) in [4.78, 5) is -0.0169. The van der Waals surface area contributed by atoms with E-state index in [-0.39, 0.29) is 40.1 Å². The molecule has 0 unspecified atom stereocenters. The number of anilines is 2. The Morgan fingerprint density at radius 3 is 2.73 bits per heavy atom. The standard InChI is InChI=1S/C22H27FN6O3S/c1-22(2,3)18-10-20(29-27-18)32-13-5-4-12(8-13)16-9-19(28-26-16)25-15-6-7-17-14(21(15)23)11-24-33(17,30)31/h6-7,9-10,12-13,24H,4-5,8,11H2,1-3H3,(H,27,29)(H2,25,26,28)/t12-,13+/m0/s1. The summed E-state index contributed by atoms with van der Waals surface area (Å²) in [6, 6.07) is 6.64. The molecule has 1 aromatic carbocycles. The van der Waals surface area contributed by atoms with E-state index in [2.05, 4.69) is 51.2 Å². The maximum Gasteiger partial charge on any atom is 0.241 e. The number of aromatic amines is 2. The van der Waals surface area contributed by atoms with Crippen molar-refractivity contribution in [1.29, 1.82) is 0 Å². The number of benzene rings is 1. The zero-order chi connectivity index (χ0) is 23.4. The van der Waals surface area contributed by atoms with E-state index in [4.69, 9.17) is 4.74 Å². The van der Waals surface area contributed by atoms with E-state index in [1.807, 2.05) is 12.1 Å². The van der Waals surface area contributed by atoms with Crippen LogP contribution in [0.1, 0.15) is 62.9 Å². The number of fused-ring (bicyclic) bond motifs is 1. The number of nitrogens with one attached hydrogen (secondary N) is 4. The maximum absolute atomic E-state index is 14.8. The zero-order valence-electron chi connectivity index (χ0n) is 18.7. The number of aromatic nitrogens is 4. The Morgan fingerprint density at radius 2 is 1.97 bits per heavy atom. The molecular formula is C22H27FN6O3S. The van der Waals surface area contributed by atoms with Crippen LogP contribution < -0.4 is 14.8 Å². The second-order valence-corrected chi connectivity index (χ2v) is 11.4. The molecule has 0 bridgehead atoms. The molecule has 1 saturated carbocycles. The van der Waals surface area contributed by atoms with E-state index in [1.165, 1.54) is 12.1 Å². The Balaban J connectivity index is 1.23. The molecular weight excluding hydrogens is 447 g/mol. The molecule has 5 rings (SSSR count). The summed E-state index contributed by atoms with van der Waals surface area (Å²) >= 11 is 0. The van der Waals surface area contributed by atoms with E-state index in [1.54, 1.807) is 0 Å². The molecule has 3 aromatic rings. The predicted octanol–water partition coefficient (Wildman–Crippen LogP) is 3.82. The van der Waals surface area contributed by atoms with Gasteiger partial charge in [0.25, 0.3) is 0 Å². The molecule has 2 aliphatic rings. The van der Waals surface area contributed by atoms with Gasteiger partial charge < -0.3 is 10.1 Å². The lowest BCUT2D eigenvalue weighted by Crippen LogP contribution is -2.13. The van der Waals surface area contributed by atoms with Gasteiger partial charge in [-0.2, -0.15) is 5.10 Å². The van der Waals surface area contributed by atoms with Gasteiger partial charge in [0, 0.05) is 47.0 Å². The van der Waals surface area contributed by atoms with Gasteiger partial charge in [0.05, 0.1) is 10.6 Å². The first-order chi connectivity index (χ1) is 15.6. The van der Waals surface area contributed by atoms with Crippen LogP contribution in [0.15, 0.2) is 29.2 Å². The molecule has 0 radical (unpaired) electrons. The van der Waals surface area contributed by atoms with Crippen LogP contribution in [-0.4, -0.2) is 34.9 Å². The quantitative estimate of drug-likeness (QED) is 0.446. The second kappa shape index (κ2) is 7.84. The van der Waals surface area contributed by atoms with Crippen LogP contribution in [0, 0.1) is 5.82 Å². The maximum atomic E-state index is 14.8. The van der Waals surface area contributed by atoms with E-state index < -0.39 is 15.8 Å². The van der Waals surface area contributed by atoms with Crippen LogP contribution in [0.25, 0.3) is 0 Å². The SMILES string of the molecule is CC(C)(C)c1cc(O[C@@H]2CC[C@H](c3cc(Nc4ccc5c(c4F)CNS5(=O)=O)n[nH]3)C2)n[nH]1. The van der Waals surface area contributed by atoms with E-state index in [0.717, 1.165) is 30.7 Å². The van der Waals surface area contributed by atoms with Crippen LogP contribution in [0.5, 0.6) is 5.88 Å². The second-order valence-electron chi connectivity index (χ2n) is 9.68. The Labute approximate surface area is 191 Å². The lowest BCUT2D eigenvalue weighted by Gasteiger charge is -2.14. The van der Waals surface area contributed by atoms with Crippen molar-refractivity contribution in [2.45, 2.75) is 68.9 Å². The van der Waals surface area contributed by atoms with Crippen molar-refractivity contribution in [2.24, 2.45) is 0 Å². The summed E-state index contributed by atoms with van der Waals surface area (Å²) in [6.07, 6.45) is 2.75. The molecule has 0 spiro atoms. The molecule has 9 nitrogen and oxygen atoms in total. The van der Waals surface area contributed by atoms with Gasteiger partial charge in [-0.05, 0) is 31.4 Å². The zero-order valence-corrected chi connectivity index (χ0v) is 19.5. The van der Waals surface area contributed by atoms with Gasteiger partial charge in [-0.3, -0.25) is 10.2 Å². The Kier molecular flexibility index (Phi) is 5.20. The van der Waals surface area contributed by atoms with Crippen molar-refractivity contribution in [3.8, 4) is 5.88 Å². The largest absolute Gasteiger partial charge is 0.473 e. The molecule has 0 saturated heterocycles. The minimum absolute atomic E-state index is 0.0169. The fraction of sp³-hybridized carbons (Fsp3) is 0.455. The van der Waals surface area contributed by atoms with E-state index in [9.17, 15) is 12.8 Å². The topological polar surface area (TPSA) is 125 Å². The molecule has 2 atom stereocenters. The minimum atomic E-state index is -3.62. The lowest BCUT2D eigenvalue weighted by atomic mass is 9.93. The highest BCUT2D eigenvalue weighted by Gasteiger charge is 2.31. The molecule has 33 heavy (non-hydrogen) atoms. The van der Waals surface area contributed by atoms with Crippen LogP contribution in [0.4, 0.5) is 15.9 Å². The van der Waals surface area contributed by atoms with Gasteiger partial charge in [-0.15, -0.1) is 5.10 Å². The minimum Gasteiger partial charge on any atom is -0.473 e. The summed E-state index contributed by atoms with van der Waals surface area (Å²) in [7, 11) is -3.62. The number of sulfonamides is 1. The number of hydrogen-bond donors (Lipinski definition) is 4. The number of rotatable bonds is 5. The van der Waals surface area contributed by atoms with Gasteiger partial charge in [0.15, 0.2) is 11.6 Å². The third-order valence-electron chi connectivity index (χ3n) is 6.26. The molecule has 4 N–H and O–H groups in total. The van der Waals surface area contributed by atoms with Crippen molar-refractivity contribution in [2.75, 3.05) is 5.32 Å². The number of hydrogen-bond acceptors (Lipinski definition) is 6. The number of ether oxygens (including phenoxy) is 1. The van der Waals surface area contributed by atoms with Gasteiger partial charge in [-0.25, -0.2) is 17.5 Å². The third kappa shape index (κ3) is 4.22. The van der Waals surface area contributed by atoms with Crippen molar-refractivity contribution < 1.29 is 17.5 Å². The Morgan fingerprint density at radius 1 is 1.15 bits per heavy atom. The summed E-state index contributed by atoms with van der Waals surface area (Å²) < 4.78 is 47.0. The smallest absolute Gasteiger partial charge is 0.241 e.